The van der Waals surface area contributed by atoms with Crippen molar-refractivity contribution in [3.63, 3.8) is 0 Å². The molecule has 0 fully saturated rings. The Bertz CT molecular complexity index is 838. The van der Waals surface area contributed by atoms with Gasteiger partial charge in [0.1, 0.15) is 11.6 Å². The molecule has 6 heteroatoms. The SMILES string of the molecule is Cc1cc(Nc2ccccc2Br)nc(Nc2cccc(F)c2)n1. The molecule has 23 heavy (non-hydrogen) atoms. The zero-order valence-corrected chi connectivity index (χ0v) is 13.9. The molecule has 0 aliphatic rings. The standard InChI is InChI=1S/C17H14BrFN4/c1-11-9-16(22-15-8-3-2-7-14(15)18)23-17(20-11)21-13-6-4-5-12(19)10-13/h2-10H,1H3,(H2,20,21,22,23). The van der Waals surface area contributed by atoms with Gasteiger partial charge in [0, 0.05) is 21.9 Å². The first-order chi connectivity index (χ1) is 11.1. The van der Waals surface area contributed by atoms with Crippen LogP contribution in [0.15, 0.2) is 59.1 Å². The fourth-order valence-electron chi connectivity index (χ4n) is 2.08. The van der Waals surface area contributed by atoms with Crippen molar-refractivity contribution in [1.29, 1.82) is 0 Å². The number of halogens is 2. The predicted octanol–water partition coefficient (Wildman–Crippen LogP) is 5.17. The molecule has 0 radical (unpaired) electrons. The molecule has 116 valence electrons. The van der Waals surface area contributed by atoms with E-state index in [9.17, 15) is 4.39 Å². The molecule has 0 bridgehead atoms. The first-order valence-corrected chi connectivity index (χ1v) is 7.79. The molecule has 1 aromatic heterocycles. The summed E-state index contributed by atoms with van der Waals surface area (Å²) in [6.45, 7) is 1.88. The predicted molar refractivity (Wildman–Crippen MR) is 93.9 cm³/mol. The molecule has 1 heterocycles. The Morgan fingerprint density at radius 3 is 2.57 bits per heavy atom. The van der Waals surface area contributed by atoms with E-state index in [1.54, 1.807) is 12.1 Å². The summed E-state index contributed by atoms with van der Waals surface area (Å²) in [6, 6.07) is 15.8. The molecular formula is C17H14BrFN4. The number of hydrogen-bond acceptors (Lipinski definition) is 4. The van der Waals surface area contributed by atoms with E-state index < -0.39 is 0 Å². The maximum Gasteiger partial charge on any atom is 0.229 e. The summed E-state index contributed by atoms with van der Waals surface area (Å²) in [5.74, 6) is 0.752. The third kappa shape index (κ3) is 4.04. The van der Waals surface area contributed by atoms with Crippen LogP contribution in [-0.2, 0) is 0 Å². The molecule has 3 aromatic rings. The quantitative estimate of drug-likeness (QED) is 0.662. The monoisotopic (exact) mass is 372 g/mol. The highest BCUT2D eigenvalue weighted by Crippen LogP contribution is 2.25. The molecule has 0 spiro atoms. The number of para-hydroxylation sites is 1. The van der Waals surface area contributed by atoms with E-state index in [0.717, 1.165) is 15.9 Å². The van der Waals surface area contributed by atoms with Crippen LogP contribution in [0.5, 0.6) is 0 Å². The van der Waals surface area contributed by atoms with Crippen LogP contribution < -0.4 is 10.6 Å². The summed E-state index contributed by atoms with van der Waals surface area (Å²) in [4.78, 5) is 8.74. The zero-order chi connectivity index (χ0) is 16.2. The van der Waals surface area contributed by atoms with Crippen LogP contribution in [0.2, 0.25) is 0 Å². The lowest BCUT2D eigenvalue weighted by Gasteiger charge is -2.11. The van der Waals surface area contributed by atoms with Gasteiger partial charge in [-0.2, -0.15) is 4.98 Å². The first-order valence-electron chi connectivity index (χ1n) is 7.00. The number of aromatic nitrogens is 2. The lowest BCUT2D eigenvalue weighted by atomic mass is 10.3. The van der Waals surface area contributed by atoms with Crippen LogP contribution >= 0.6 is 15.9 Å². The van der Waals surface area contributed by atoms with Gasteiger partial charge in [0.15, 0.2) is 0 Å². The second-order valence-electron chi connectivity index (χ2n) is 4.96. The maximum atomic E-state index is 13.3. The van der Waals surface area contributed by atoms with Crippen molar-refractivity contribution in [2.24, 2.45) is 0 Å². The molecular weight excluding hydrogens is 359 g/mol. The van der Waals surface area contributed by atoms with E-state index in [2.05, 4.69) is 36.5 Å². The molecule has 0 aliphatic carbocycles. The Morgan fingerprint density at radius 1 is 0.957 bits per heavy atom. The molecule has 2 N–H and O–H groups in total. The Morgan fingerprint density at radius 2 is 1.78 bits per heavy atom. The van der Waals surface area contributed by atoms with E-state index in [0.29, 0.717) is 17.5 Å². The van der Waals surface area contributed by atoms with Crippen molar-refractivity contribution >= 4 is 39.1 Å². The Labute approximate surface area is 141 Å². The topological polar surface area (TPSA) is 49.8 Å². The fourth-order valence-corrected chi connectivity index (χ4v) is 2.47. The molecule has 0 saturated carbocycles. The zero-order valence-electron chi connectivity index (χ0n) is 12.3. The number of rotatable bonds is 4. The highest BCUT2D eigenvalue weighted by Gasteiger charge is 2.05. The molecule has 0 aliphatic heterocycles. The largest absolute Gasteiger partial charge is 0.339 e. The highest BCUT2D eigenvalue weighted by atomic mass is 79.9. The summed E-state index contributed by atoms with van der Waals surface area (Å²) >= 11 is 3.49. The summed E-state index contributed by atoms with van der Waals surface area (Å²) in [6.07, 6.45) is 0. The second kappa shape index (κ2) is 6.75. The van der Waals surface area contributed by atoms with Gasteiger partial charge in [-0.05, 0) is 53.2 Å². The summed E-state index contributed by atoms with van der Waals surface area (Å²) in [7, 11) is 0. The van der Waals surface area contributed by atoms with E-state index in [1.807, 2.05) is 37.3 Å². The number of anilines is 4. The van der Waals surface area contributed by atoms with Gasteiger partial charge in [0.25, 0.3) is 0 Å². The molecule has 0 atom stereocenters. The van der Waals surface area contributed by atoms with E-state index in [1.165, 1.54) is 12.1 Å². The number of nitrogens with zero attached hydrogens (tertiary/aromatic N) is 2. The van der Waals surface area contributed by atoms with Crippen LogP contribution in [0.3, 0.4) is 0 Å². The van der Waals surface area contributed by atoms with Gasteiger partial charge in [-0.3, -0.25) is 0 Å². The number of aryl methyl sites for hydroxylation is 1. The van der Waals surface area contributed by atoms with E-state index in [4.69, 9.17) is 0 Å². The summed E-state index contributed by atoms with van der Waals surface area (Å²) < 4.78 is 14.2. The number of hydrogen-bond donors (Lipinski definition) is 2. The van der Waals surface area contributed by atoms with Crippen LogP contribution in [-0.4, -0.2) is 9.97 Å². The van der Waals surface area contributed by atoms with E-state index in [-0.39, 0.29) is 5.82 Å². The Kier molecular flexibility index (Phi) is 4.52. The normalized spacial score (nSPS) is 10.4. The summed E-state index contributed by atoms with van der Waals surface area (Å²) in [5.41, 5.74) is 2.30. The van der Waals surface area contributed by atoms with Crippen molar-refractivity contribution in [1.82, 2.24) is 9.97 Å². The van der Waals surface area contributed by atoms with Gasteiger partial charge in [0.2, 0.25) is 5.95 Å². The van der Waals surface area contributed by atoms with Crippen molar-refractivity contribution in [3.8, 4) is 0 Å². The van der Waals surface area contributed by atoms with Crippen molar-refractivity contribution in [3.05, 3.63) is 70.6 Å². The van der Waals surface area contributed by atoms with E-state index >= 15 is 0 Å². The number of benzene rings is 2. The average molecular weight is 373 g/mol. The minimum atomic E-state index is -0.311. The summed E-state index contributed by atoms with van der Waals surface area (Å²) in [5, 5.41) is 6.25. The lowest BCUT2D eigenvalue weighted by Crippen LogP contribution is -2.02. The number of nitrogens with one attached hydrogen (secondary N) is 2. The second-order valence-corrected chi connectivity index (χ2v) is 5.81. The minimum absolute atomic E-state index is 0.311. The molecule has 3 rings (SSSR count). The molecule has 4 nitrogen and oxygen atoms in total. The average Bonchev–Trinajstić information content (AvgIpc) is 2.49. The maximum absolute atomic E-state index is 13.3. The van der Waals surface area contributed by atoms with Crippen molar-refractivity contribution in [2.75, 3.05) is 10.6 Å². The molecule has 0 amide bonds. The van der Waals surface area contributed by atoms with Gasteiger partial charge in [-0.25, -0.2) is 9.37 Å². The molecule has 2 aromatic carbocycles. The van der Waals surface area contributed by atoms with Crippen LogP contribution in [0.1, 0.15) is 5.69 Å². The lowest BCUT2D eigenvalue weighted by molar-refractivity contribution is 0.628. The fraction of sp³-hybridized carbons (Fsp3) is 0.0588. The van der Waals surface area contributed by atoms with Gasteiger partial charge in [0.05, 0.1) is 5.69 Å². The van der Waals surface area contributed by atoms with Crippen LogP contribution in [0.25, 0.3) is 0 Å². The molecule has 0 unspecified atom stereocenters. The van der Waals surface area contributed by atoms with Gasteiger partial charge < -0.3 is 10.6 Å². The first kappa shape index (κ1) is 15.4. The molecule has 0 saturated heterocycles. The van der Waals surface area contributed by atoms with Crippen molar-refractivity contribution < 1.29 is 4.39 Å². The third-order valence-corrected chi connectivity index (χ3v) is 3.76. The van der Waals surface area contributed by atoms with Crippen LogP contribution in [0.4, 0.5) is 27.5 Å². The van der Waals surface area contributed by atoms with Gasteiger partial charge in [-0.15, -0.1) is 0 Å². The Hall–Kier alpha value is -2.47. The van der Waals surface area contributed by atoms with Gasteiger partial charge in [-0.1, -0.05) is 18.2 Å². The third-order valence-electron chi connectivity index (χ3n) is 3.07. The highest BCUT2D eigenvalue weighted by molar-refractivity contribution is 9.10. The van der Waals surface area contributed by atoms with Crippen molar-refractivity contribution in [2.45, 2.75) is 6.92 Å². The Balaban J connectivity index is 1.86. The smallest absolute Gasteiger partial charge is 0.229 e. The minimum Gasteiger partial charge on any atom is -0.339 e. The van der Waals surface area contributed by atoms with Gasteiger partial charge >= 0.3 is 0 Å². The van der Waals surface area contributed by atoms with Crippen LogP contribution in [0, 0.1) is 12.7 Å².